The van der Waals surface area contributed by atoms with Crippen molar-refractivity contribution in [3.05, 3.63) is 27.7 Å². The molecule has 0 amide bonds. The summed E-state index contributed by atoms with van der Waals surface area (Å²) in [7, 11) is 0. The van der Waals surface area contributed by atoms with Gasteiger partial charge in [-0.15, -0.1) is 11.3 Å². The van der Waals surface area contributed by atoms with Gasteiger partial charge >= 0.3 is 0 Å². The average molecular weight is 250 g/mol. The first-order valence-electron chi connectivity index (χ1n) is 6.19. The van der Waals surface area contributed by atoms with E-state index in [2.05, 4.69) is 11.1 Å². The summed E-state index contributed by atoms with van der Waals surface area (Å²) in [5.74, 6) is 0.117. The molecule has 2 N–H and O–H groups in total. The van der Waals surface area contributed by atoms with Crippen LogP contribution in [0.25, 0.3) is 0 Å². The predicted molar refractivity (Wildman–Crippen MR) is 70.4 cm³/mol. The SMILES string of the molecule is NCCc1nc(C(=O)C2=CCCCCC2)cs1. The summed E-state index contributed by atoms with van der Waals surface area (Å²) in [6.45, 7) is 0.587. The fraction of sp³-hybridized carbons (Fsp3) is 0.538. The van der Waals surface area contributed by atoms with Crippen molar-refractivity contribution in [1.29, 1.82) is 0 Å². The van der Waals surface area contributed by atoms with Crippen LogP contribution in [-0.4, -0.2) is 17.3 Å². The van der Waals surface area contributed by atoms with E-state index in [9.17, 15) is 4.79 Å². The number of carbonyl (C=O) groups is 1. The first kappa shape index (κ1) is 12.5. The Morgan fingerprint density at radius 3 is 3.12 bits per heavy atom. The molecule has 0 radical (unpaired) electrons. The molecule has 1 aromatic heterocycles. The lowest BCUT2D eigenvalue weighted by atomic mass is 10.0. The molecule has 17 heavy (non-hydrogen) atoms. The summed E-state index contributed by atoms with van der Waals surface area (Å²) in [4.78, 5) is 16.6. The highest BCUT2D eigenvalue weighted by Crippen LogP contribution is 2.21. The number of thiazole rings is 1. The normalized spacial score (nSPS) is 16.4. The summed E-state index contributed by atoms with van der Waals surface area (Å²) in [5, 5.41) is 2.82. The number of carbonyl (C=O) groups excluding carboxylic acids is 1. The highest BCUT2D eigenvalue weighted by molar-refractivity contribution is 7.09. The van der Waals surface area contributed by atoms with Gasteiger partial charge in [-0.05, 0) is 37.8 Å². The first-order valence-corrected chi connectivity index (χ1v) is 7.07. The number of hydrogen-bond acceptors (Lipinski definition) is 4. The van der Waals surface area contributed by atoms with E-state index in [-0.39, 0.29) is 5.78 Å². The summed E-state index contributed by atoms with van der Waals surface area (Å²) in [6.07, 6.45) is 8.34. The second kappa shape index (κ2) is 6.07. The highest BCUT2D eigenvalue weighted by Gasteiger charge is 2.16. The smallest absolute Gasteiger partial charge is 0.207 e. The van der Waals surface area contributed by atoms with Crippen LogP contribution >= 0.6 is 11.3 Å². The van der Waals surface area contributed by atoms with Gasteiger partial charge in [0.2, 0.25) is 5.78 Å². The number of nitrogens with two attached hydrogens (primary N) is 1. The van der Waals surface area contributed by atoms with Gasteiger partial charge in [0.1, 0.15) is 5.69 Å². The quantitative estimate of drug-likeness (QED) is 0.836. The molecule has 4 heteroatoms. The van der Waals surface area contributed by atoms with Gasteiger partial charge in [-0.25, -0.2) is 4.98 Å². The van der Waals surface area contributed by atoms with E-state index in [1.807, 2.05) is 5.38 Å². The number of allylic oxidation sites excluding steroid dienone is 2. The van der Waals surface area contributed by atoms with Gasteiger partial charge in [-0.1, -0.05) is 12.5 Å². The number of nitrogens with zero attached hydrogens (tertiary/aromatic N) is 1. The van der Waals surface area contributed by atoms with Crippen LogP contribution in [0.3, 0.4) is 0 Å². The average Bonchev–Trinajstić information content (AvgIpc) is 2.64. The maximum Gasteiger partial charge on any atom is 0.207 e. The Balaban J connectivity index is 2.09. The number of hydrogen-bond donors (Lipinski definition) is 1. The zero-order valence-electron chi connectivity index (χ0n) is 9.95. The zero-order chi connectivity index (χ0) is 12.1. The monoisotopic (exact) mass is 250 g/mol. The van der Waals surface area contributed by atoms with Gasteiger partial charge in [-0.3, -0.25) is 4.79 Å². The molecule has 2 rings (SSSR count). The molecule has 0 bridgehead atoms. The Hall–Kier alpha value is -1.00. The lowest BCUT2D eigenvalue weighted by Gasteiger charge is -2.01. The largest absolute Gasteiger partial charge is 0.330 e. The molecular weight excluding hydrogens is 232 g/mol. The molecule has 0 aromatic carbocycles. The van der Waals surface area contributed by atoms with E-state index in [1.165, 1.54) is 24.2 Å². The summed E-state index contributed by atoms with van der Waals surface area (Å²) in [6, 6.07) is 0. The molecule has 0 spiro atoms. The standard InChI is InChI=1S/C13H18N2OS/c14-8-7-12-15-11(9-17-12)13(16)10-5-3-1-2-4-6-10/h5,9H,1-4,6-8,14H2. The van der Waals surface area contributed by atoms with Gasteiger partial charge in [0.15, 0.2) is 0 Å². The fourth-order valence-corrected chi connectivity index (χ4v) is 2.83. The summed E-state index contributed by atoms with van der Waals surface area (Å²) >= 11 is 1.53. The molecule has 0 aliphatic heterocycles. The third-order valence-electron chi connectivity index (χ3n) is 2.98. The zero-order valence-corrected chi connectivity index (χ0v) is 10.8. The molecule has 0 unspecified atom stereocenters. The minimum Gasteiger partial charge on any atom is -0.330 e. The topological polar surface area (TPSA) is 56.0 Å². The van der Waals surface area contributed by atoms with E-state index >= 15 is 0 Å². The van der Waals surface area contributed by atoms with Crippen molar-refractivity contribution in [2.75, 3.05) is 6.54 Å². The molecular formula is C13H18N2OS. The third kappa shape index (κ3) is 3.23. The summed E-state index contributed by atoms with van der Waals surface area (Å²) in [5.41, 5.74) is 7.03. The van der Waals surface area contributed by atoms with E-state index < -0.39 is 0 Å². The van der Waals surface area contributed by atoms with Crippen molar-refractivity contribution in [2.24, 2.45) is 5.73 Å². The van der Waals surface area contributed by atoms with Crippen molar-refractivity contribution >= 4 is 17.1 Å². The van der Waals surface area contributed by atoms with Gasteiger partial charge < -0.3 is 5.73 Å². The summed E-state index contributed by atoms with van der Waals surface area (Å²) < 4.78 is 0. The molecule has 1 heterocycles. The third-order valence-corrected chi connectivity index (χ3v) is 3.88. The van der Waals surface area contributed by atoms with Crippen LogP contribution in [0.4, 0.5) is 0 Å². The Kier molecular flexibility index (Phi) is 4.45. The van der Waals surface area contributed by atoms with E-state index in [0.29, 0.717) is 12.2 Å². The second-order valence-electron chi connectivity index (χ2n) is 4.32. The Morgan fingerprint density at radius 2 is 2.29 bits per heavy atom. The lowest BCUT2D eigenvalue weighted by molar-refractivity contribution is 0.102. The number of aromatic nitrogens is 1. The maximum atomic E-state index is 12.2. The van der Waals surface area contributed by atoms with Crippen LogP contribution in [0.2, 0.25) is 0 Å². The molecule has 0 saturated heterocycles. The molecule has 0 fully saturated rings. The fourth-order valence-electron chi connectivity index (χ4n) is 2.04. The molecule has 1 aromatic rings. The van der Waals surface area contributed by atoms with Crippen LogP contribution in [0.5, 0.6) is 0 Å². The molecule has 1 aliphatic rings. The molecule has 1 aliphatic carbocycles. The van der Waals surface area contributed by atoms with Crippen molar-refractivity contribution in [3.63, 3.8) is 0 Å². The molecule has 3 nitrogen and oxygen atoms in total. The van der Waals surface area contributed by atoms with Crippen LogP contribution in [0, 0.1) is 0 Å². The van der Waals surface area contributed by atoms with Crippen LogP contribution in [0.1, 0.15) is 47.6 Å². The van der Waals surface area contributed by atoms with E-state index in [1.54, 1.807) is 0 Å². The number of rotatable bonds is 4. The van der Waals surface area contributed by atoms with Crippen molar-refractivity contribution in [3.8, 4) is 0 Å². The predicted octanol–water partition coefficient (Wildman–Crippen LogP) is 2.72. The minimum atomic E-state index is 0.117. The molecule has 0 atom stereocenters. The molecule has 92 valence electrons. The van der Waals surface area contributed by atoms with Gasteiger partial charge in [-0.2, -0.15) is 0 Å². The van der Waals surface area contributed by atoms with Crippen LogP contribution < -0.4 is 5.73 Å². The van der Waals surface area contributed by atoms with Gasteiger partial charge in [0, 0.05) is 11.8 Å². The Labute approximate surface area is 106 Å². The highest BCUT2D eigenvalue weighted by atomic mass is 32.1. The van der Waals surface area contributed by atoms with E-state index in [0.717, 1.165) is 36.3 Å². The van der Waals surface area contributed by atoms with Crippen molar-refractivity contribution in [1.82, 2.24) is 4.98 Å². The number of ketones is 1. The Bertz CT molecular complexity index is 423. The maximum absolute atomic E-state index is 12.2. The first-order chi connectivity index (χ1) is 8.31. The second-order valence-corrected chi connectivity index (χ2v) is 5.27. The lowest BCUT2D eigenvalue weighted by Crippen LogP contribution is -2.06. The van der Waals surface area contributed by atoms with Crippen molar-refractivity contribution < 1.29 is 4.79 Å². The van der Waals surface area contributed by atoms with E-state index in [4.69, 9.17) is 5.73 Å². The van der Waals surface area contributed by atoms with Gasteiger partial charge in [0.25, 0.3) is 0 Å². The van der Waals surface area contributed by atoms with Gasteiger partial charge in [0.05, 0.1) is 5.01 Å². The minimum absolute atomic E-state index is 0.117. The van der Waals surface area contributed by atoms with Crippen LogP contribution in [-0.2, 0) is 6.42 Å². The van der Waals surface area contributed by atoms with Crippen molar-refractivity contribution in [2.45, 2.75) is 38.5 Å². The molecule has 0 saturated carbocycles. The van der Waals surface area contributed by atoms with Crippen LogP contribution in [0.15, 0.2) is 17.0 Å². The Morgan fingerprint density at radius 1 is 1.41 bits per heavy atom. The number of Topliss-reactive ketones (excluding diaryl/α,β-unsaturated/α-hetero) is 1.